The lowest BCUT2D eigenvalue weighted by Crippen LogP contribution is -2.09. The smallest absolute Gasteiger partial charge is 0.160 e. The predicted molar refractivity (Wildman–Crippen MR) is 124 cm³/mol. The van der Waals surface area contributed by atoms with Gasteiger partial charge in [0.25, 0.3) is 0 Å². The van der Waals surface area contributed by atoms with Crippen molar-refractivity contribution >= 4 is 28.0 Å². The van der Waals surface area contributed by atoms with Crippen LogP contribution in [0.2, 0.25) is 0 Å². The third-order valence-electron chi connectivity index (χ3n) is 5.21. The van der Waals surface area contributed by atoms with E-state index in [0.717, 1.165) is 45.0 Å². The second kappa shape index (κ2) is 7.80. The van der Waals surface area contributed by atoms with Crippen LogP contribution in [-0.2, 0) is 0 Å². The second-order valence-corrected chi connectivity index (χ2v) is 7.20. The summed E-state index contributed by atoms with van der Waals surface area (Å²) in [4.78, 5) is 11.8. The van der Waals surface area contributed by atoms with E-state index in [1.54, 1.807) is 0 Å². The van der Waals surface area contributed by atoms with Gasteiger partial charge in [-0.2, -0.15) is 0 Å². The minimum atomic E-state index is 0.753. The number of hydrogen-bond acceptors (Lipinski definition) is 3. The van der Waals surface area contributed by atoms with Gasteiger partial charge in [-0.1, -0.05) is 54.6 Å². The van der Waals surface area contributed by atoms with Gasteiger partial charge in [0.05, 0.1) is 5.52 Å². The van der Waals surface area contributed by atoms with Crippen LogP contribution >= 0.6 is 0 Å². The lowest BCUT2D eigenvalue weighted by atomic mass is 10.1. The summed E-state index contributed by atoms with van der Waals surface area (Å²) in [5.74, 6) is 0.753. The third kappa shape index (κ3) is 3.42. The van der Waals surface area contributed by atoms with E-state index in [1.807, 2.05) is 37.3 Å². The number of hydrogen-bond donors (Lipinski definition) is 0. The second-order valence-electron chi connectivity index (χ2n) is 7.20. The Morgan fingerprint density at radius 1 is 0.533 bits per heavy atom. The van der Waals surface area contributed by atoms with Crippen molar-refractivity contribution in [2.75, 3.05) is 4.90 Å². The molecule has 0 fully saturated rings. The Kier molecular flexibility index (Phi) is 4.70. The molecule has 0 saturated carbocycles. The maximum absolute atomic E-state index is 4.77. The fourth-order valence-corrected chi connectivity index (χ4v) is 3.73. The number of para-hydroxylation sites is 3. The Labute approximate surface area is 176 Å². The number of benzene rings is 4. The Balaban J connectivity index is 1.56. The van der Waals surface area contributed by atoms with Crippen LogP contribution < -0.4 is 4.90 Å². The van der Waals surface area contributed by atoms with Crippen LogP contribution in [0.15, 0.2) is 109 Å². The van der Waals surface area contributed by atoms with E-state index in [0.29, 0.717) is 0 Å². The highest BCUT2D eigenvalue weighted by Crippen LogP contribution is 2.35. The van der Waals surface area contributed by atoms with Crippen molar-refractivity contribution in [3.05, 3.63) is 115 Å². The van der Waals surface area contributed by atoms with Gasteiger partial charge in [0.1, 0.15) is 0 Å². The molecule has 4 aromatic carbocycles. The van der Waals surface area contributed by atoms with Crippen LogP contribution in [0.25, 0.3) is 22.3 Å². The first-order chi connectivity index (χ1) is 14.8. The molecular formula is C27H21N3. The average Bonchev–Trinajstić information content (AvgIpc) is 2.81. The molecule has 30 heavy (non-hydrogen) atoms. The summed E-state index contributed by atoms with van der Waals surface area (Å²) >= 11 is 0. The standard InChI is InChI=1S/C27H21N3/c1-20-25-14-8-9-15-26(25)29-27(28-20)21-16-18-24(19-17-21)30(22-10-4-2-5-11-22)23-12-6-3-7-13-23/h2-19H,1H3. The SMILES string of the molecule is Cc1nc(-c2ccc(N(c3ccccc3)c3ccccc3)cc2)nc2ccccc12. The first kappa shape index (κ1) is 18.1. The summed E-state index contributed by atoms with van der Waals surface area (Å²) in [7, 11) is 0. The van der Waals surface area contributed by atoms with Gasteiger partial charge in [0.2, 0.25) is 0 Å². The van der Waals surface area contributed by atoms with Crippen molar-refractivity contribution in [2.45, 2.75) is 6.92 Å². The molecule has 0 unspecified atom stereocenters. The molecule has 0 N–H and O–H groups in total. The largest absolute Gasteiger partial charge is 0.311 e. The zero-order valence-electron chi connectivity index (χ0n) is 16.7. The molecule has 0 aliphatic heterocycles. The van der Waals surface area contributed by atoms with E-state index in [4.69, 9.17) is 9.97 Å². The summed E-state index contributed by atoms with van der Waals surface area (Å²) in [6, 6.07) is 37.4. The Morgan fingerprint density at radius 2 is 1.07 bits per heavy atom. The highest BCUT2D eigenvalue weighted by Gasteiger charge is 2.13. The number of aryl methyl sites for hydroxylation is 1. The lowest BCUT2D eigenvalue weighted by molar-refractivity contribution is 1.16. The van der Waals surface area contributed by atoms with E-state index in [9.17, 15) is 0 Å². The monoisotopic (exact) mass is 387 g/mol. The van der Waals surface area contributed by atoms with E-state index in [2.05, 4.69) is 83.8 Å². The van der Waals surface area contributed by atoms with E-state index < -0.39 is 0 Å². The van der Waals surface area contributed by atoms with E-state index in [1.165, 1.54) is 0 Å². The van der Waals surface area contributed by atoms with Crippen molar-refractivity contribution in [1.82, 2.24) is 9.97 Å². The van der Waals surface area contributed by atoms with E-state index in [-0.39, 0.29) is 0 Å². The summed E-state index contributed by atoms with van der Waals surface area (Å²) in [5, 5.41) is 1.09. The Morgan fingerprint density at radius 3 is 1.70 bits per heavy atom. The van der Waals surface area contributed by atoms with Gasteiger partial charge in [-0.05, 0) is 61.5 Å². The zero-order valence-corrected chi connectivity index (χ0v) is 16.7. The minimum absolute atomic E-state index is 0.753. The Bertz CT molecular complexity index is 1240. The molecular weight excluding hydrogens is 366 g/mol. The van der Waals surface area contributed by atoms with Crippen molar-refractivity contribution in [2.24, 2.45) is 0 Å². The van der Waals surface area contributed by atoms with Gasteiger partial charge in [-0.15, -0.1) is 0 Å². The molecule has 0 aliphatic rings. The molecule has 0 radical (unpaired) electrons. The predicted octanol–water partition coefficient (Wildman–Crippen LogP) is 7.08. The minimum Gasteiger partial charge on any atom is -0.311 e. The fraction of sp³-hybridized carbons (Fsp3) is 0.0370. The fourth-order valence-electron chi connectivity index (χ4n) is 3.73. The normalized spacial score (nSPS) is 10.8. The number of fused-ring (bicyclic) bond motifs is 1. The molecule has 0 saturated heterocycles. The summed E-state index contributed by atoms with van der Waals surface area (Å²) in [6.45, 7) is 2.04. The highest BCUT2D eigenvalue weighted by atomic mass is 15.1. The van der Waals surface area contributed by atoms with E-state index >= 15 is 0 Å². The van der Waals surface area contributed by atoms with Gasteiger partial charge < -0.3 is 4.90 Å². The highest BCUT2D eigenvalue weighted by molar-refractivity contribution is 5.83. The average molecular weight is 387 g/mol. The van der Waals surface area contributed by atoms with Crippen molar-refractivity contribution in [3.63, 3.8) is 0 Å². The van der Waals surface area contributed by atoms with Crippen LogP contribution in [0.3, 0.4) is 0 Å². The number of nitrogens with zero attached hydrogens (tertiary/aromatic N) is 3. The van der Waals surface area contributed by atoms with Crippen LogP contribution in [-0.4, -0.2) is 9.97 Å². The van der Waals surface area contributed by atoms with Gasteiger partial charge in [-0.25, -0.2) is 9.97 Å². The number of aromatic nitrogens is 2. The van der Waals surface area contributed by atoms with Crippen molar-refractivity contribution < 1.29 is 0 Å². The molecule has 1 heterocycles. The molecule has 0 aliphatic carbocycles. The molecule has 5 aromatic rings. The number of rotatable bonds is 4. The molecule has 0 atom stereocenters. The molecule has 0 amide bonds. The van der Waals surface area contributed by atoms with Crippen molar-refractivity contribution in [1.29, 1.82) is 0 Å². The Hall–Kier alpha value is -3.98. The first-order valence-electron chi connectivity index (χ1n) is 10.0. The van der Waals surface area contributed by atoms with Gasteiger partial charge >= 0.3 is 0 Å². The maximum Gasteiger partial charge on any atom is 0.160 e. The zero-order chi connectivity index (χ0) is 20.3. The third-order valence-corrected chi connectivity index (χ3v) is 5.21. The molecule has 5 rings (SSSR count). The summed E-state index contributed by atoms with van der Waals surface area (Å²) in [5.41, 5.74) is 6.31. The van der Waals surface area contributed by atoms with Crippen molar-refractivity contribution in [3.8, 4) is 11.4 Å². The quantitative estimate of drug-likeness (QED) is 0.330. The summed E-state index contributed by atoms with van der Waals surface area (Å²) in [6.07, 6.45) is 0. The van der Waals surface area contributed by atoms with Gasteiger partial charge in [0.15, 0.2) is 5.82 Å². The topological polar surface area (TPSA) is 29.0 Å². The maximum atomic E-state index is 4.77. The number of anilines is 3. The molecule has 3 nitrogen and oxygen atoms in total. The lowest BCUT2D eigenvalue weighted by Gasteiger charge is -2.25. The first-order valence-corrected chi connectivity index (χ1v) is 10.0. The van der Waals surface area contributed by atoms with Crippen LogP contribution in [0.1, 0.15) is 5.69 Å². The van der Waals surface area contributed by atoms with Crippen LogP contribution in [0.4, 0.5) is 17.1 Å². The molecule has 3 heteroatoms. The molecule has 144 valence electrons. The molecule has 1 aromatic heterocycles. The molecule has 0 bridgehead atoms. The summed E-state index contributed by atoms with van der Waals surface area (Å²) < 4.78 is 0. The van der Waals surface area contributed by atoms with Crippen LogP contribution in [0.5, 0.6) is 0 Å². The van der Waals surface area contributed by atoms with Gasteiger partial charge in [-0.3, -0.25) is 0 Å². The van der Waals surface area contributed by atoms with Gasteiger partial charge in [0, 0.05) is 33.7 Å². The molecule has 0 spiro atoms. The van der Waals surface area contributed by atoms with Crippen LogP contribution in [0, 0.1) is 6.92 Å².